The topological polar surface area (TPSA) is 135 Å². The second-order valence-corrected chi connectivity index (χ2v) is 15.3. The number of likely N-dealkylation sites (tertiary alicyclic amines) is 1. The Hall–Kier alpha value is -5.56. The fourth-order valence-electron chi connectivity index (χ4n) is 9.70. The Balaban J connectivity index is 1.43. The first-order valence-electron chi connectivity index (χ1n) is 20.2. The minimum absolute atomic E-state index is 0.0274. The highest BCUT2D eigenvalue weighted by Crippen LogP contribution is 2.66. The molecule has 6 atom stereocenters. The minimum atomic E-state index is -1.84. The summed E-state index contributed by atoms with van der Waals surface area (Å²) in [6.45, 7) is 0.755. The quantitative estimate of drug-likeness (QED) is 0.144. The molecule has 3 fully saturated rings. The Morgan fingerprint density at radius 3 is 2.12 bits per heavy atom. The minimum Gasteiger partial charge on any atom is -0.491 e. The summed E-state index contributed by atoms with van der Waals surface area (Å²) >= 11 is 0. The number of hydrogen-bond donors (Lipinski definition) is 1. The second-order valence-electron chi connectivity index (χ2n) is 15.3. The first-order valence-corrected chi connectivity index (χ1v) is 20.2. The number of carbonyl (C=O) groups excluding carboxylic acids is 4. The maximum atomic E-state index is 16.0. The molecular formula is C46H49N3O9. The van der Waals surface area contributed by atoms with E-state index in [9.17, 15) is 9.90 Å². The Bertz CT molecular complexity index is 2110. The van der Waals surface area contributed by atoms with Crippen molar-refractivity contribution in [1.82, 2.24) is 9.80 Å². The van der Waals surface area contributed by atoms with Crippen molar-refractivity contribution in [2.24, 2.45) is 5.92 Å². The Morgan fingerprint density at radius 2 is 1.41 bits per heavy atom. The van der Waals surface area contributed by atoms with E-state index in [1.807, 2.05) is 76.5 Å². The lowest BCUT2D eigenvalue weighted by molar-refractivity contribution is -0.179. The highest BCUT2D eigenvalue weighted by molar-refractivity contribution is 6.23. The van der Waals surface area contributed by atoms with Crippen LogP contribution in [-0.4, -0.2) is 91.5 Å². The van der Waals surface area contributed by atoms with E-state index < -0.39 is 53.5 Å². The highest BCUT2D eigenvalue weighted by Gasteiger charge is 2.76. The number of aliphatic hydroxyl groups excluding tert-OH is 1. The van der Waals surface area contributed by atoms with Gasteiger partial charge >= 0.3 is 12.1 Å². The van der Waals surface area contributed by atoms with Crippen molar-refractivity contribution in [3.05, 3.63) is 131 Å². The largest absolute Gasteiger partial charge is 0.491 e. The average Bonchev–Trinajstić information content (AvgIpc) is 3.70. The average molecular weight is 788 g/mol. The van der Waals surface area contributed by atoms with E-state index in [-0.39, 0.29) is 38.0 Å². The lowest BCUT2D eigenvalue weighted by atomic mass is 9.65. The fraction of sp³-hybridized carbons (Fsp3) is 0.391. The van der Waals surface area contributed by atoms with Crippen LogP contribution >= 0.6 is 0 Å². The molecule has 12 heteroatoms. The van der Waals surface area contributed by atoms with Crippen LogP contribution in [0.4, 0.5) is 10.5 Å². The van der Waals surface area contributed by atoms with Crippen LogP contribution in [0.25, 0.3) is 0 Å². The molecule has 3 amide bonds. The summed E-state index contributed by atoms with van der Waals surface area (Å²) in [7, 11) is 1.49. The van der Waals surface area contributed by atoms with E-state index in [1.54, 1.807) is 42.5 Å². The number of rotatable bonds is 10. The van der Waals surface area contributed by atoms with Gasteiger partial charge in [0, 0.05) is 20.2 Å². The van der Waals surface area contributed by atoms with Gasteiger partial charge in [0.15, 0.2) is 0 Å². The molecule has 0 unspecified atom stereocenters. The first kappa shape index (κ1) is 39.3. The number of hydrogen-bond acceptors (Lipinski definition) is 10. The normalized spacial score (nSPS) is 25.7. The summed E-state index contributed by atoms with van der Waals surface area (Å²) in [6, 6.07) is 30.5. The summed E-state index contributed by atoms with van der Waals surface area (Å²) in [5, 5.41) is 9.69. The van der Waals surface area contributed by atoms with Gasteiger partial charge in [-0.05, 0) is 53.3 Å². The van der Waals surface area contributed by atoms with Crippen molar-refractivity contribution in [2.75, 3.05) is 51.5 Å². The molecule has 4 aromatic carbocycles. The third kappa shape index (κ3) is 6.82. The number of nitrogens with zero attached hydrogens (tertiary/aromatic N) is 3. The van der Waals surface area contributed by atoms with Gasteiger partial charge in [-0.3, -0.25) is 19.3 Å². The van der Waals surface area contributed by atoms with Crippen molar-refractivity contribution in [3.63, 3.8) is 0 Å². The van der Waals surface area contributed by atoms with Crippen molar-refractivity contribution in [3.8, 4) is 5.75 Å². The van der Waals surface area contributed by atoms with E-state index in [4.69, 9.17) is 18.9 Å². The smallest absolute Gasteiger partial charge is 0.421 e. The third-order valence-electron chi connectivity index (χ3n) is 12.0. The number of anilines is 1. The van der Waals surface area contributed by atoms with Gasteiger partial charge in [0.1, 0.15) is 36.5 Å². The number of methoxy groups -OCH3 is 1. The van der Waals surface area contributed by atoms with Crippen LogP contribution in [0, 0.1) is 5.92 Å². The zero-order valence-corrected chi connectivity index (χ0v) is 32.6. The zero-order valence-electron chi connectivity index (χ0n) is 32.6. The third-order valence-corrected chi connectivity index (χ3v) is 12.0. The predicted molar refractivity (Wildman–Crippen MR) is 214 cm³/mol. The van der Waals surface area contributed by atoms with Crippen LogP contribution in [0.3, 0.4) is 0 Å². The molecule has 8 rings (SSSR count). The molecule has 1 N–H and O–H groups in total. The van der Waals surface area contributed by atoms with Gasteiger partial charge < -0.3 is 29.0 Å². The Labute approximate surface area is 338 Å². The molecule has 1 spiro atoms. The van der Waals surface area contributed by atoms with E-state index >= 15 is 14.4 Å². The highest BCUT2D eigenvalue weighted by atomic mass is 16.6. The summed E-state index contributed by atoms with van der Waals surface area (Å²) in [6.07, 6.45) is 2.80. The van der Waals surface area contributed by atoms with Crippen LogP contribution in [0.5, 0.6) is 5.75 Å². The van der Waals surface area contributed by atoms with E-state index in [2.05, 4.69) is 0 Å². The number of esters is 1. The van der Waals surface area contributed by atoms with Gasteiger partial charge in [0.2, 0.25) is 11.8 Å². The van der Waals surface area contributed by atoms with Crippen molar-refractivity contribution < 1.29 is 43.2 Å². The predicted octanol–water partition coefficient (Wildman–Crippen LogP) is 6.30. The fourth-order valence-corrected chi connectivity index (χ4v) is 9.70. The summed E-state index contributed by atoms with van der Waals surface area (Å²) in [4.78, 5) is 66.1. The monoisotopic (exact) mass is 787 g/mol. The molecule has 4 aliphatic heterocycles. The molecule has 4 heterocycles. The Kier molecular flexibility index (Phi) is 11.6. The van der Waals surface area contributed by atoms with Crippen LogP contribution in [0.15, 0.2) is 109 Å². The number of para-hydroxylation sites is 1. The van der Waals surface area contributed by atoms with Gasteiger partial charge in [-0.15, -0.1) is 0 Å². The number of carbonyl (C=O) groups is 4. The van der Waals surface area contributed by atoms with Crippen molar-refractivity contribution in [1.29, 1.82) is 0 Å². The van der Waals surface area contributed by atoms with E-state index in [0.717, 1.165) is 48.1 Å². The van der Waals surface area contributed by atoms with Gasteiger partial charge in [-0.2, -0.15) is 0 Å². The summed E-state index contributed by atoms with van der Waals surface area (Å²) in [5.41, 5.74) is 1.03. The first-order chi connectivity index (χ1) is 28.4. The SMILES string of the molecule is COCCOC(=O)N1C(=O)[C@@]2(c3ccccc31)[C@H](c1cccc(OCCO)c1)N1[C@H](c3ccccc3)[C@H](c3ccccc3)OC(=O)[C@H]1[C@@H]2C(=O)N1CCCCCCC1. The molecule has 58 heavy (non-hydrogen) atoms. The molecule has 4 aliphatic rings. The molecule has 0 saturated carbocycles. The number of cyclic esters (lactones) is 1. The maximum Gasteiger partial charge on any atom is 0.421 e. The molecule has 0 bridgehead atoms. The number of aliphatic hydroxyl groups is 1. The number of imide groups is 1. The van der Waals surface area contributed by atoms with Crippen LogP contribution in [0.1, 0.15) is 72.5 Å². The lowest BCUT2D eigenvalue weighted by Gasteiger charge is -2.46. The second kappa shape index (κ2) is 17.1. The van der Waals surface area contributed by atoms with Crippen molar-refractivity contribution >= 4 is 29.6 Å². The number of fused-ring (bicyclic) bond motifs is 3. The summed E-state index contributed by atoms with van der Waals surface area (Å²) < 4.78 is 23.3. The Morgan fingerprint density at radius 1 is 0.759 bits per heavy atom. The van der Waals surface area contributed by atoms with E-state index in [1.165, 1.54) is 7.11 Å². The number of amides is 3. The molecule has 0 aliphatic carbocycles. The van der Waals surface area contributed by atoms with Crippen molar-refractivity contribution in [2.45, 2.75) is 61.7 Å². The zero-order chi connectivity index (χ0) is 40.2. The van der Waals surface area contributed by atoms with Gasteiger partial charge in [-0.25, -0.2) is 9.69 Å². The maximum absolute atomic E-state index is 16.0. The van der Waals surface area contributed by atoms with Crippen LogP contribution in [0.2, 0.25) is 0 Å². The standard InChI is InChI=1S/C46H49N3O9/c1-55-28-29-57-45(54)48-36-23-12-11-22-35(36)46(44(48)53)37(42(51)47-24-13-3-2-4-14-25-47)39-43(52)58-40(32-18-9-6-10-19-32)38(31-16-7-5-8-17-31)49(39)41(46)33-20-15-21-34(30-33)56-27-26-50/h5-12,15-23,30,37-41,50H,2-4,13-14,24-29H2,1H3/t37-,38-,39-,40+,41+,46-/m1/s1. The molecule has 0 aromatic heterocycles. The van der Waals surface area contributed by atoms with Gasteiger partial charge in [0.05, 0.1) is 36.9 Å². The van der Waals surface area contributed by atoms with Crippen LogP contribution < -0.4 is 9.64 Å². The number of morpholine rings is 1. The molecule has 0 radical (unpaired) electrons. The van der Waals surface area contributed by atoms with Crippen LogP contribution in [-0.2, 0) is 34.0 Å². The van der Waals surface area contributed by atoms with Gasteiger partial charge in [0.25, 0.3) is 0 Å². The van der Waals surface area contributed by atoms with E-state index in [0.29, 0.717) is 30.0 Å². The molecule has 302 valence electrons. The number of benzene rings is 4. The molecular weight excluding hydrogens is 739 g/mol. The van der Waals surface area contributed by atoms with Gasteiger partial charge in [-0.1, -0.05) is 110 Å². The molecule has 12 nitrogen and oxygen atoms in total. The molecule has 4 aromatic rings. The number of ether oxygens (including phenoxy) is 4. The summed E-state index contributed by atoms with van der Waals surface area (Å²) in [5.74, 6) is -2.53. The lowest BCUT2D eigenvalue weighted by Crippen LogP contribution is -2.56. The molecule has 3 saturated heterocycles.